The van der Waals surface area contributed by atoms with E-state index in [0.717, 1.165) is 0 Å². The molecule has 0 aliphatic heterocycles. The van der Waals surface area contributed by atoms with Gasteiger partial charge in [0, 0.05) is 0 Å². The van der Waals surface area contributed by atoms with Crippen LogP contribution in [0.3, 0.4) is 0 Å². The van der Waals surface area contributed by atoms with Crippen molar-refractivity contribution in [2.45, 2.75) is 11.8 Å². The minimum atomic E-state index is 0.549. The molecule has 0 nitrogen and oxygen atoms in total. The fraction of sp³-hybridized carbons (Fsp3) is 0.143. The van der Waals surface area contributed by atoms with Crippen LogP contribution in [-0.4, -0.2) is 14.5 Å². The average molecular weight is 259 g/mol. The topological polar surface area (TPSA) is 0 Å². The number of hydrogen-bond acceptors (Lipinski definition) is 0. The van der Waals surface area contributed by atoms with Crippen LogP contribution >= 0.6 is 0 Å². The third-order valence-electron chi connectivity index (χ3n) is 2.80. The van der Waals surface area contributed by atoms with E-state index in [0.29, 0.717) is 26.3 Å². The van der Waals surface area contributed by atoms with Crippen molar-refractivity contribution >= 4 is 14.5 Å². The molecule has 0 aromatic carbocycles. The molecule has 0 unspecified atom stereocenters. The van der Waals surface area contributed by atoms with Crippen molar-refractivity contribution in [3.05, 3.63) is 69.6 Å². The van der Waals surface area contributed by atoms with Gasteiger partial charge < -0.3 is 0 Å². The van der Waals surface area contributed by atoms with Crippen molar-refractivity contribution in [3.63, 3.8) is 0 Å². The Hall–Kier alpha value is -1.04. The molecule has 0 saturated heterocycles. The molecule has 0 bridgehead atoms. The van der Waals surface area contributed by atoms with E-state index in [1.54, 1.807) is 8.87 Å². The fourth-order valence-electron chi connectivity index (χ4n) is 1.97. The van der Waals surface area contributed by atoms with E-state index in [1.807, 2.05) is 0 Å². The average Bonchev–Trinajstić information content (AvgIpc) is 3.02. The molecule has 1 aromatic rings. The molecule has 0 atom stereocenters. The molecule has 0 radical (unpaired) electrons. The first-order chi connectivity index (χ1) is 7.43. The molecule has 0 saturated carbocycles. The normalized spacial score (nSPS) is 19.7. The summed E-state index contributed by atoms with van der Waals surface area (Å²) in [6.07, 6.45) is 17.7. The molecule has 15 heavy (non-hydrogen) atoms. The molecule has 1 heteroatoms. The molecular formula is C14H12Se. The number of hydrogen-bond donors (Lipinski definition) is 0. The maximum absolute atomic E-state index is 2.32. The van der Waals surface area contributed by atoms with Gasteiger partial charge in [0.05, 0.1) is 0 Å². The van der Waals surface area contributed by atoms with Crippen LogP contribution in [0.25, 0.3) is 0 Å². The molecule has 0 amide bonds. The van der Waals surface area contributed by atoms with Crippen molar-refractivity contribution < 1.29 is 0 Å². The Balaban J connectivity index is 1.87. The zero-order chi connectivity index (χ0) is 10.1. The Morgan fingerprint density at radius 1 is 0.667 bits per heavy atom. The van der Waals surface area contributed by atoms with Crippen molar-refractivity contribution in [1.29, 1.82) is 0 Å². The molecule has 74 valence electrons. The summed E-state index contributed by atoms with van der Waals surface area (Å²) >= 11 is 0.549. The summed E-state index contributed by atoms with van der Waals surface area (Å²) in [4.78, 5) is 0. The maximum atomic E-state index is 2.32. The van der Waals surface area contributed by atoms with Crippen molar-refractivity contribution in [2.75, 3.05) is 0 Å². The van der Waals surface area contributed by atoms with Crippen LogP contribution in [0.15, 0.2) is 60.7 Å². The van der Waals surface area contributed by atoms with Gasteiger partial charge in [-0.3, -0.25) is 0 Å². The van der Waals surface area contributed by atoms with Crippen LogP contribution in [-0.2, 0) is 0 Å². The molecule has 1 aromatic heterocycles. The second-order valence-electron chi connectivity index (χ2n) is 3.83. The molecule has 1 heterocycles. The fourth-order valence-corrected chi connectivity index (χ4v) is 4.34. The third-order valence-corrected chi connectivity index (χ3v) is 5.50. The Bertz CT molecular complexity index is 405. The van der Waals surface area contributed by atoms with Gasteiger partial charge in [0.2, 0.25) is 0 Å². The van der Waals surface area contributed by atoms with Gasteiger partial charge in [0.15, 0.2) is 0 Å². The first kappa shape index (κ1) is 9.20. The standard InChI is InChI=1S/C14H12Se/c1-2-6-11(5-1)13-9-10-14(15-13)12-7-3-4-8-12/h1-12H. The monoisotopic (exact) mass is 260 g/mol. The van der Waals surface area contributed by atoms with Gasteiger partial charge in [0.1, 0.15) is 0 Å². The summed E-state index contributed by atoms with van der Waals surface area (Å²) in [6, 6.07) is 4.64. The molecule has 2 aliphatic carbocycles. The predicted molar refractivity (Wildman–Crippen MR) is 65.4 cm³/mol. The van der Waals surface area contributed by atoms with Gasteiger partial charge in [-0.2, -0.15) is 0 Å². The predicted octanol–water partition coefficient (Wildman–Crippen LogP) is 3.16. The van der Waals surface area contributed by atoms with E-state index in [-0.39, 0.29) is 0 Å². The molecule has 0 N–H and O–H groups in total. The van der Waals surface area contributed by atoms with E-state index in [1.165, 1.54) is 0 Å². The molecule has 3 rings (SSSR count). The van der Waals surface area contributed by atoms with E-state index in [9.17, 15) is 0 Å². The van der Waals surface area contributed by atoms with E-state index in [2.05, 4.69) is 60.7 Å². The van der Waals surface area contributed by atoms with E-state index in [4.69, 9.17) is 0 Å². The van der Waals surface area contributed by atoms with Gasteiger partial charge in [-0.1, -0.05) is 0 Å². The summed E-state index contributed by atoms with van der Waals surface area (Å²) in [5, 5.41) is 0. The van der Waals surface area contributed by atoms with Gasteiger partial charge in [-0.05, 0) is 0 Å². The zero-order valence-electron chi connectivity index (χ0n) is 8.34. The van der Waals surface area contributed by atoms with Gasteiger partial charge in [-0.15, -0.1) is 0 Å². The van der Waals surface area contributed by atoms with E-state index < -0.39 is 0 Å². The molecule has 2 aliphatic rings. The molecular weight excluding hydrogens is 247 g/mol. The van der Waals surface area contributed by atoms with Crippen molar-refractivity contribution in [2.24, 2.45) is 0 Å². The molecule has 0 spiro atoms. The van der Waals surface area contributed by atoms with Crippen LogP contribution in [0.1, 0.15) is 20.7 Å². The SMILES string of the molecule is C1=CC(c2ccc(C3C=CC=C3)[se]2)C=C1. The van der Waals surface area contributed by atoms with Crippen LogP contribution in [0.5, 0.6) is 0 Å². The second-order valence-corrected chi connectivity index (χ2v) is 6.24. The molecule has 0 fully saturated rings. The Morgan fingerprint density at radius 3 is 1.47 bits per heavy atom. The van der Waals surface area contributed by atoms with Gasteiger partial charge in [-0.25, -0.2) is 0 Å². The Labute approximate surface area is 96.1 Å². The summed E-state index contributed by atoms with van der Waals surface area (Å²) in [7, 11) is 0. The Kier molecular flexibility index (Phi) is 2.36. The summed E-state index contributed by atoms with van der Waals surface area (Å²) in [6.45, 7) is 0. The summed E-state index contributed by atoms with van der Waals surface area (Å²) in [5.41, 5.74) is 0. The van der Waals surface area contributed by atoms with Crippen LogP contribution in [0.4, 0.5) is 0 Å². The third kappa shape index (κ3) is 1.73. The van der Waals surface area contributed by atoms with E-state index >= 15 is 0 Å². The quantitative estimate of drug-likeness (QED) is 0.716. The first-order valence-corrected chi connectivity index (χ1v) is 6.94. The van der Waals surface area contributed by atoms with Gasteiger partial charge >= 0.3 is 96.0 Å². The van der Waals surface area contributed by atoms with Gasteiger partial charge in [0.25, 0.3) is 0 Å². The van der Waals surface area contributed by atoms with Crippen molar-refractivity contribution in [1.82, 2.24) is 0 Å². The minimum absolute atomic E-state index is 0.549. The number of rotatable bonds is 2. The van der Waals surface area contributed by atoms with Crippen LogP contribution < -0.4 is 0 Å². The summed E-state index contributed by atoms with van der Waals surface area (Å²) in [5.74, 6) is 1.15. The Morgan fingerprint density at radius 2 is 1.07 bits per heavy atom. The van der Waals surface area contributed by atoms with Crippen LogP contribution in [0, 0.1) is 0 Å². The van der Waals surface area contributed by atoms with Crippen molar-refractivity contribution in [3.8, 4) is 0 Å². The van der Waals surface area contributed by atoms with Crippen LogP contribution in [0.2, 0.25) is 0 Å². The summed E-state index contributed by atoms with van der Waals surface area (Å²) < 4.78 is 3.19. The second kappa shape index (κ2) is 3.84. The first-order valence-electron chi connectivity index (χ1n) is 5.23. The number of allylic oxidation sites excluding steroid dienone is 8. The zero-order valence-corrected chi connectivity index (χ0v) is 10.0.